The molecular weight excluding hydrogens is 351 g/mol. The van der Waals surface area contributed by atoms with Crippen LogP contribution in [0.25, 0.3) is 5.69 Å². The number of benzene rings is 1. The fourth-order valence-corrected chi connectivity index (χ4v) is 2.33. The van der Waals surface area contributed by atoms with Crippen LogP contribution in [0.4, 0.5) is 13.2 Å². The molecule has 1 aromatic heterocycles. The van der Waals surface area contributed by atoms with Gasteiger partial charge in [-0.15, -0.1) is 0 Å². The molecule has 9 heteroatoms. The van der Waals surface area contributed by atoms with Crippen molar-refractivity contribution in [2.75, 3.05) is 0 Å². The van der Waals surface area contributed by atoms with Crippen molar-refractivity contribution in [3.8, 4) is 5.69 Å². The predicted octanol–water partition coefficient (Wildman–Crippen LogP) is 3.04. The Balaban J connectivity index is 2.28. The highest BCUT2D eigenvalue weighted by Gasteiger charge is 2.31. The molecule has 1 heterocycles. The lowest BCUT2D eigenvalue weighted by molar-refractivity contribution is -0.142. The van der Waals surface area contributed by atoms with E-state index >= 15 is 0 Å². The van der Waals surface area contributed by atoms with Crippen molar-refractivity contribution in [1.82, 2.24) is 15.1 Å². The molecule has 0 saturated heterocycles. The maximum absolute atomic E-state index is 12.9. The van der Waals surface area contributed by atoms with E-state index in [0.717, 1.165) is 12.1 Å². The van der Waals surface area contributed by atoms with Crippen LogP contribution in [0.5, 0.6) is 0 Å². The van der Waals surface area contributed by atoms with E-state index in [0.29, 0.717) is 5.69 Å². The molecule has 0 aliphatic heterocycles. The average Bonchev–Trinajstić information content (AvgIpc) is 2.94. The van der Waals surface area contributed by atoms with Crippen molar-refractivity contribution in [3.63, 3.8) is 0 Å². The number of aliphatic carboxylic acids is 1. The number of hydrogen-bond acceptors (Lipinski definition) is 3. The number of carboxylic acids is 1. The third kappa shape index (κ3) is 4.04. The van der Waals surface area contributed by atoms with E-state index in [2.05, 4.69) is 10.4 Å². The molecule has 1 amide bonds. The Bertz CT molecular complexity index is 830. The smallest absolute Gasteiger partial charge is 0.416 e. The van der Waals surface area contributed by atoms with Crippen LogP contribution in [0.1, 0.15) is 35.5 Å². The van der Waals surface area contributed by atoms with E-state index in [1.165, 1.54) is 29.9 Å². The number of amides is 1. The summed E-state index contributed by atoms with van der Waals surface area (Å²) in [6.45, 7) is 4.57. The molecule has 0 aliphatic carbocycles. The minimum absolute atomic E-state index is 0.159. The minimum atomic E-state index is -4.49. The Morgan fingerprint density at radius 1 is 1.27 bits per heavy atom. The van der Waals surface area contributed by atoms with Gasteiger partial charge in [-0.25, -0.2) is 4.68 Å². The normalized spacial score (nSPS) is 13.9. The average molecular weight is 369 g/mol. The van der Waals surface area contributed by atoms with Crippen LogP contribution in [-0.4, -0.2) is 32.8 Å². The Kier molecular flexibility index (Phi) is 5.38. The number of aromatic nitrogens is 2. The van der Waals surface area contributed by atoms with Gasteiger partial charge in [-0.3, -0.25) is 9.59 Å². The number of alkyl halides is 3. The molecule has 0 fully saturated rings. The summed E-state index contributed by atoms with van der Waals surface area (Å²) in [7, 11) is 0. The lowest BCUT2D eigenvalue weighted by Gasteiger charge is -2.17. The Hall–Kier alpha value is -2.84. The first-order valence-corrected chi connectivity index (χ1v) is 7.78. The molecule has 2 rings (SSSR count). The van der Waals surface area contributed by atoms with Crippen molar-refractivity contribution in [3.05, 3.63) is 47.3 Å². The Morgan fingerprint density at radius 2 is 1.92 bits per heavy atom. The van der Waals surface area contributed by atoms with Gasteiger partial charge in [-0.05, 0) is 39.0 Å². The van der Waals surface area contributed by atoms with Crippen LogP contribution in [0.2, 0.25) is 0 Å². The van der Waals surface area contributed by atoms with Crippen LogP contribution in [0.15, 0.2) is 30.5 Å². The van der Waals surface area contributed by atoms with Gasteiger partial charge in [0.25, 0.3) is 5.91 Å². The fourth-order valence-electron chi connectivity index (χ4n) is 2.33. The lowest BCUT2D eigenvalue weighted by Crippen LogP contribution is -2.40. The molecule has 0 spiro atoms. The summed E-state index contributed by atoms with van der Waals surface area (Å²) < 4.78 is 39.8. The first-order valence-electron chi connectivity index (χ1n) is 7.78. The number of halogens is 3. The molecule has 140 valence electrons. The largest absolute Gasteiger partial charge is 0.481 e. The molecule has 1 aromatic carbocycles. The Labute approximate surface area is 147 Å². The number of hydrogen-bond donors (Lipinski definition) is 2. The second-order valence-electron chi connectivity index (χ2n) is 5.99. The van der Waals surface area contributed by atoms with Crippen LogP contribution < -0.4 is 5.32 Å². The molecule has 6 nitrogen and oxygen atoms in total. The zero-order chi connectivity index (χ0) is 19.6. The highest BCUT2D eigenvalue weighted by molar-refractivity contribution is 5.95. The zero-order valence-electron chi connectivity index (χ0n) is 14.3. The van der Waals surface area contributed by atoms with Gasteiger partial charge in [0.2, 0.25) is 0 Å². The number of carboxylic acid groups (broad SMARTS) is 1. The van der Waals surface area contributed by atoms with Gasteiger partial charge in [0.05, 0.1) is 34.6 Å². The summed E-state index contributed by atoms with van der Waals surface area (Å²) in [6.07, 6.45) is -3.25. The summed E-state index contributed by atoms with van der Waals surface area (Å²) in [6, 6.07) is 3.97. The summed E-state index contributed by atoms with van der Waals surface area (Å²) in [5.41, 5.74) is -0.146. The summed E-state index contributed by atoms with van der Waals surface area (Å²) in [5, 5.41) is 15.5. The summed E-state index contributed by atoms with van der Waals surface area (Å²) in [5.74, 6) is -2.38. The molecule has 0 radical (unpaired) electrons. The third-order valence-electron chi connectivity index (χ3n) is 4.17. The van der Waals surface area contributed by atoms with E-state index < -0.39 is 35.6 Å². The standard InChI is InChI=1S/C17H18F3N3O3/c1-9(16(25)26)10(2)22-15(24)14-8-21-23(11(14)3)13-6-4-5-12(7-13)17(18,19)20/h4-10H,1-3H3,(H,22,24)(H,25,26). The molecule has 0 saturated carbocycles. The SMILES string of the molecule is Cc1c(C(=O)NC(C)C(C)C(=O)O)cnn1-c1cccc(C(F)(F)F)c1. The minimum Gasteiger partial charge on any atom is -0.481 e. The van der Waals surface area contributed by atoms with Gasteiger partial charge >= 0.3 is 12.1 Å². The lowest BCUT2D eigenvalue weighted by atomic mass is 10.0. The van der Waals surface area contributed by atoms with Gasteiger partial charge < -0.3 is 10.4 Å². The summed E-state index contributed by atoms with van der Waals surface area (Å²) in [4.78, 5) is 23.3. The molecule has 2 atom stereocenters. The van der Waals surface area contributed by atoms with Gasteiger partial charge in [0.15, 0.2) is 0 Å². The van der Waals surface area contributed by atoms with E-state index in [1.54, 1.807) is 13.8 Å². The second-order valence-corrected chi connectivity index (χ2v) is 5.99. The van der Waals surface area contributed by atoms with Crippen LogP contribution in [0.3, 0.4) is 0 Å². The van der Waals surface area contributed by atoms with E-state index in [1.807, 2.05) is 0 Å². The monoisotopic (exact) mass is 369 g/mol. The summed E-state index contributed by atoms with van der Waals surface area (Å²) >= 11 is 0. The highest BCUT2D eigenvalue weighted by Crippen LogP contribution is 2.30. The van der Waals surface area contributed by atoms with Gasteiger partial charge in [0, 0.05) is 6.04 Å². The maximum atomic E-state index is 12.9. The van der Waals surface area contributed by atoms with Gasteiger partial charge in [-0.1, -0.05) is 6.07 Å². The molecule has 0 bridgehead atoms. The molecule has 26 heavy (non-hydrogen) atoms. The topological polar surface area (TPSA) is 84.2 Å². The first kappa shape index (κ1) is 19.5. The number of nitrogens with one attached hydrogen (secondary N) is 1. The predicted molar refractivity (Wildman–Crippen MR) is 87.0 cm³/mol. The highest BCUT2D eigenvalue weighted by atomic mass is 19.4. The molecule has 0 aliphatic rings. The van der Waals surface area contributed by atoms with Crippen LogP contribution >= 0.6 is 0 Å². The van der Waals surface area contributed by atoms with E-state index in [-0.39, 0.29) is 11.3 Å². The van der Waals surface area contributed by atoms with E-state index in [9.17, 15) is 22.8 Å². The van der Waals surface area contributed by atoms with Crippen molar-refractivity contribution in [1.29, 1.82) is 0 Å². The number of carbonyl (C=O) groups excluding carboxylic acids is 1. The third-order valence-corrected chi connectivity index (χ3v) is 4.17. The van der Waals surface area contributed by atoms with Crippen molar-refractivity contribution in [2.24, 2.45) is 5.92 Å². The first-order chi connectivity index (χ1) is 12.0. The number of nitrogens with zero attached hydrogens (tertiary/aromatic N) is 2. The maximum Gasteiger partial charge on any atom is 0.416 e. The Morgan fingerprint density at radius 3 is 2.50 bits per heavy atom. The fraction of sp³-hybridized carbons (Fsp3) is 0.353. The van der Waals surface area contributed by atoms with E-state index in [4.69, 9.17) is 5.11 Å². The van der Waals surface area contributed by atoms with Crippen molar-refractivity contribution in [2.45, 2.75) is 33.0 Å². The quantitative estimate of drug-likeness (QED) is 0.849. The molecular formula is C17H18F3N3O3. The second kappa shape index (κ2) is 7.19. The molecule has 2 unspecified atom stereocenters. The van der Waals surface area contributed by atoms with Crippen molar-refractivity contribution < 1.29 is 27.9 Å². The van der Waals surface area contributed by atoms with Crippen molar-refractivity contribution >= 4 is 11.9 Å². The molecule has 2 N–H and O–H groups in total. The van der Waals surface area contributed by atoms with Gasteiger partial charge in [-0.2, -0.15) is 18.3 Å². The van der Waals surface area contributed by atoms with Crippen LogP contribution in [-0.2, 0) is 11.0 Å². The van der Waals surface area contributed by atoms with Gasteiger partial charge in [0.1, 0.15) is 0 Å². The van der Waals surface area contributed by atoms with Crippen LogP contribution in [0, 0.1) is 12.8 Å². The zero-order valence-corrected chi connectivity index (χ0v) is 14.3. The number of carbonyl (C=O) groups is 2. The number of rotatable bonds is 5. The molecule has 2 aromatic rings.